The van der Waals surface area contributed by atoms with Crippen LogP contribution in [-0.2, 0) is 20.5 Å². The normalized spacial score (nSPS) is 21.1. The van der Waals surface area contributed by atoms with Crippen LogP contribution >= 0.6 is 18.5 Å². The maximum Gasteiger partial charge on any atom is 0.393 e. The number of alkyl halides is 3. The first kappa shape index (κ1) is 33.6. The van der Waals surface area contributed by atoms with Crippen LogP contribution in [0.15, 0.2) is 36.4 Å². The number of halogens is 3. The van der Waals surface area contributed by atoms with Gasteiger partial charge in [0.25, 0.3) is 0 Å². The van der Waals surface area contributed by atoms with Crippen molar-refractivity contribution in [1.29, 1.82) is 0 Å². The van der Waals surface area contributed by atoms with Gasteiger partial charge in [-0.3, -0.25) is 0 Å². The fourth-order valence-electron chi connectivity index (χ4n) is 5.78. The topological polar surface area (TPSA) is 72.1 Å². The van der Waals surface area contributed by atoms with Gasteiger partial charge in [0, 0.05) is 36.3 Å². The number of anilines is 2. The highest BCUT2D eigenvalue weighted by Crippen LogP contribution is 2.40. The molecular weight excluding hydrogens is 622 g/mol. The number of hydrogen-bond donors (Lipinski definition) is 2. The Morgan fingerprint density at radius 3 is 2.62 bits per heavy atom. The molecule has 45 heavy (non-hydrogen) atoms. The zero-order valence-electron chi connectivity index (χ0n) is 26.0. The Morgan fingerprint density at radius 2 is 1.84 bits per heavy atom. The first-order valence-electron chi connectivity index (χ1n) is 15.2. The molecule has 0 saturated carbocycles. The van der Waals surface area contributed by atoms with Crippen molar-refractivity contribution in [3.05, 3.63) is 46.8 Å². The minimum absolute atomic E-state index is 0.165. The molecule has 1 aromatic heterocycles. The van der Waals surface area contributed by atoms with Gasteiger partial charge in [-0.25, -0.2) is 0 Å². The third kappa shape index (κ3) is 9.40. The van der Waals surface area contributed by atoms with Gasteiger partial charge in [-0.2, -0.15) is 13.2 Å². The average Bonchev–Trinajstić information content (AvgIpc) is 3.31. The molecule has 244 valence electrons. The lowest BCUT2D eigenvalue weighted by atomic mass is 9.89. The van der Waals surface area contributed by atoms with Crippen molar-refractivity contribution in [1.82, 2.24) is 4.90 Å². The first-order valence-corrected chi connectivity index (χ1v) is 18.7. The third-order valence-electron chi connectivity index (χ3n) is 8.07. The molecule has 2 N–H and O–H groups in total. The van der Waals surface area contributed by atoms with Gasteiger partial charge in [-0.1, -0.05) is 24.0 Å². The predicted octanol–water partition coefficient (Wildman–Crippen LogP) is 6.27. The van der Waals surface area contributed by atoms with E-state index in [-0.39, 0.29) is 18.2 Å². The quantitative estimate of drug-likeness (QED) is 0.248. The van der Waals surface area contributed by atoms with Crippen LogP contribution in [0.2, 0.25) is 0 Å². The van der Waals surface area contributed by atoms with Crippen LogP contribution in [0.1, 0.15) is 23.3 Å². The molecule has 0 amide bonds. The number of hydrogen-bond acceptors (Lipinski definition) is 8. The maximum absolute atomic E-state index is 13.8. The second kappa shape index (κ2) is 14.8. The summed E-state index contributed by atoms with van der Waals surface area (Å²) in [6.07, 6.45) is -3.64. The lowest BCUT2D eigenvalue weighted by Crippen LogP contribution is -2.45. The highest BCUT2D eigenvalue weighted by molar-refractivity contribution is 7.70. The van der Waals surface area contributed by atoms with Gasteiger partial charge < -0.3 is 34.3 Å². The molecule has 12 heteroatoms. The molecule has 0 aliphatic carbocycles. The van der Waals surface area contributed by atoms with Gasteiger partial charge in [-0.15, -0.1) is 11.3 Å². The molecule has 1 fully saturated rings. The van der Waals surface area contributed by atoms with Crippen molar-refractivity contribution in [2.75, 3.05) is 83.7 Å². The molecule has 5 rings (SSSR count). The number of nitrogens with zero attached hydrogens (tertiary/aromatic N) is 1. The Balaban J connectivity index is 1.48. The number of benzene rings is 2. The standard InChI is InChI=1S/C33H41F3N3O4PS/c1-39-12-9-29-23(22-39)10-13-41-14-15-42-16-17-43-25-18-24(19-26(20-25)44(2,3)40)37-11-5-8-31-28(21-33(34,35)36)27-6-4-7-30(38-29)32(27)45-31/h4,6-7,18-20,23,29,37-38H,9-17,21-22H2,1-3H3/t23-,29+/m1/s1. The highest BCUT2D eigenvalue weighted by atomic mass is 32.1. The van der Waals surface area contributed by atoms with Crippen molar-refractivity contribution < 1.29 is 31.9 Å². The van der Waals surface area contributed by atoms with E-state index in [2.05, 4.69) is 34.4 Å². The summed E-state index contributed by atoms with van der Waals surface area (Å²) in [7, 11) is -0.485. The van der Waals surface area contributed by atoms with Crippen LogP contribution in [0.25, 0.3) is 10.1 Å². The van der Waals surface area contributed by atoms with Crippen molar-refractivity contribution in [2.45, 2.75) is 31.5 Å². The van der Waals surface area contributed by atoms with Gasteiger partial charge in [0.15, 0.2) is 0 Å². The van der Waals surface area contributed by atoms with Gasteiger partial charge in [0.2, 0.25) is 0 Å². The van der Waals surface area contributed by atoms with Crippen LogP contribution in [0.5, 0.6) is 5.75 Å². The molecule has 1 saturated heterocycles. The monoisotopic (exact) mass is 663 g/mol. The SMILES string of the molecule is CN1CC[C@@H]2Nc3cccc4c(CC(F)(F)F)c(sc34)C#CCNc3cc(cc(P(C)(C)=O)c3)OCCOCCOCC[C@@H]2C1. The molecule has 7 nitrogen and oxygen atoms in total. The van der Waals surface area contributed by atoms with E-state index in [1.54, 1.807) is 37.6 Å². The van der Waals surface area contributed by atoms with Crippen molar-refractivity contribution in [3.8, 4) is 17.6 Å². The Morgan fingerprint density at radius 1 is 1.07 bits per heavy atom. The molecule has 3 aromatic rings. The molecule has 0 unspecified atom stereocenters. The fourth-order valence-corrected chi connectivity index (χ4v) is 7.84. The molecule has 4 bridgehead atoms. The van der Waals surface area contributed by atoms with Gasteiger partial charge in [0.1, 0.15) is 19.5 Å². The van der Waals surface area contributed by atoms with Crippen LogP contribution in [0, 0.1) is 17.8 Å². The van der Waals surface area contributed by atoms with E-state index >= 15 is 0 Å². The molecule has 2 aliphatic rings. The molecular formula is C33H41F3N3O4PS. The Hall–Kier alpha value is -2.74. The molecule has 2 aromatic carbocycles. The maximum atomic E-state index is 13.8. The van der Waals surface area contributed by atoms with E-state index in [9.17, 15) is 17.7 Å². The van der Waals surface area contributed by atoms with Gasteiger partial charge >= 0.3 is 6.18 Å². The van der Waals surface area contributed by atoms with Gasteiger partial charge in [0.05, 0.1) is 48.1 Å². The zero-order valence-corrected chi connectivity index (χ0v) is 27.7. The first-order chi connectivity index (χ1) is 21.5. The Kier molecular flexibility index (Phi) is 11.0. The number of thiophene rings is 1. The lowest BCUT2D eigenvalue weighted by molar-refractivity contribution is -0.126. The molecule has 2 atom stereocenters. The second-order valence-corrected chi connectivity index (χ2v) is 16.3. The largest absolute Gasteiger partial charge is 0.491 e. The summed E-state index contributed by atoms with van der Waals surface area (Å²) in [4.78, 5) is 2.72. The third-order valence-corrected chi connectivity index (χ3v) is 10.8. The summed E-state index contributed by atoms with van der Waals surface area (Å²) in [5.41, 5.74) is 1.71. The summed E-state index contributed by atoms with van der Waals surface area (Å²) in [6, 6.07) is 11.1. The van der Waals surface area contributed by atoms with Crippen LogP contribution in [0.4, 0.5) is 24.5 Å². The summed E-state index contributed by atoms with van der Waals surface area (Å²) >= 11 is 1.30. The van der Waals surface area contributed by atoms with Crippen LogP contribution in [0.3, 0.4) is 0 Å². The molecule has 3 heterocycles. The van der Waals surface area contributed by atoms with E-state index in [0.717, 1.165) is 36.3 Å². The van der Waals surface area contributed by atoms with Crippen molar-refractivity contribution in [2.24, 2.45) is 5.92 Å². The summed E-state index contributed by atoms with van der Waals surface area (Å²) in [6.45, 7) is 7.62. The van der Waals surface area contributed by atoms with Crippen LogP contribution in [-0.4, -0.2) is 90.2 Å². The zero-order chi connectivity index (χ0) is 32.0. The number of piperidine rings is 1. The number of nitrogens with one attached hydrogen (secondary N) is 2. The number of fused-ring (bicyclic) bond motifs is 4. The average molecular weight is 664 g/mol. The number of likely N-dealkylation sites (tertiary alicyclic amines) is 1. The Bertz CT molecular complexity index is 1580. The van der Waals surface area contributed by atoms with Crippen molar-refractivity contribution in [3.63, 3.8) is 0 Å². The van der Waals surface area contributed by atoms with E-state index in [0.29, 0.717) is 66.0 Å². The molecule has 0 spiro atoms. The highest BCUT2D eigenvalue weighted by Gasteiger charge is 2.32. The summed E-state index contributed by atoms with van der Waals surface area (Å²) < 4.78 is 72.5. The minimum Gasteiger partial charge on any atom is -0.491 e. The number of rotatable bonds is 2. The molecule has 2 aliphatic heterocycles. The minimum atomic E-state index is -4.37. The van der Waals surface area contributed by atoms with Gasteiger partial charge in [-0.05, 0) is 74.8 Å². The van der Waals surface area contributed by atoms with E-state index in [1.807, 2.05) is 12.1 Å². The van der Waals surface area contributed by atoms with E-state index in [4.69, 9.17) is 14.2 Å². The van der Waals surface area contributed by atoms with E-state index in [1.165, 1.54) is 11.3 Å². The fraction of sp³-hybridized carbons (Fsp3) is 0.515. The second-order valence-electron chi connectivity index (χ2n) is 12.0. The van der Waals surface area contributed by atoms with E-state index < -0.39 is 19.7 Å². The lowest BCUT2D eigenvalue weighted by Gasteiger charge is -2.38. The summed E-state index contributed by atoms with van der Waals surface area (Å²) in [5.74, 6) is 6.92. The van der Waals surface area contributed by atoms with Crippen LogP contribution < -0.4 is 20.7 Å². The smallest absolute Gasteiger partial charge is 0.393 e. The summed E-state index contributed by atoms with van der Waals surface area (Å²) in [5, 5.41) is 8.15. The molecule has 0 radical (unpaired) electrons. The van der Waals surface area contributed by atoms with Crippen molar-refractivity contribution >= 4 is 45.2 Å². The predicted molar refractivity (Wildman–Crippen MR) is 177 cm³/mol. The number of ether oxygens (including phenoxy) is 3. The Labute approximate surface area is 267 Å².